The lowest BCUT2D eigenvalue weighted by Gasteiger charge is -2.39. The fraction of sp³-hybridized carbons (Fsp3) is 0.692. The molecule has 0 amide bonds. The Bertz CT molecular complexity index is 431. The fourth-order valence-corrected chi connectivity index (χ4v) is 2.57. The van der Waals surface area contributed by atoms with Crippen LogP contribution in [0.5, 0.6) is 5.75 Å². The molecule has 1 aliphatic rings. The largest absolute Gasteiger partial charge is 0.490 e. The first-order valence-electron chi connectivity index (χ1n) is 6.64. The van der Waals surface area contributed by atoms with Crippen LogP contribution in [0.25, 0.3) is 0 Å². The van der Waals surface area contributed by atoms with Crippen molar-refractivity contribution in [2.45, 2.75) is 38.1 Å². The molecule has 0 saturated heterocycles. The van der Waals surface area contributed by atoms with E-state index in [0.29, 0.717) is 23.3 Å². The molecule has 106 valence electrons. The molecule has 0 atom stereocenters. The number of aromatic nitrogens is 2. The third-order valence-corrected chi connectivity index (χ3v) is 3.95. The summed E-state index contributed by atoms with van der Waals surface area (Å²) in [5.41, 5.74) is 5.43. The number of hydrogen-bond donors (Lipinski definition) is 3. The second-order valence-electron chi connectivity index (χ2n) is 5.39. The fourth-order valence-electron chi connectivity index (χ4n) is 2.57. The Labute approximate surface area is 113 Å². The van der Waals surface area contributed by atoms with Crippen molar-refractivity contribution in [1.29, 1.82) is 0 Å². The first-order chi connectivity index (χ1) is 9.10. The molecule has 1 aromatic heterocycles. The average molecular weight is 266 g/mol. The number of methoxy groups -OCH3 is 1. The Hall–Kier alpha value is -1.56. The second kappa shape index (κ2) is 5.61. The summed E-state index contributed by atoms with van der Waals surface area (Å²) in [5, 5.41) is 13.1. The van der Waals surface area contributed by atoms with Gasteiger partial charge in [-0.1, -0.05) is 6.92 Å². The predicted molar refractivity (Wildman–Crippen MR) is 74.1 cm³/mol. The molecule has 4 N–H and O–H groups in total. The minimum atomic E-state index is -0.333. The van der Waals surface area contributed by atoms with E-state index in [0.717, 1.165) is 25.7 Å². The zero-order valence-electron chi connectivity index (χ0n) is 11.5. The molecule has 6 nitrogen and oxygen atoms in total. The minimum absolute atomic E-state index is 0.0762. The zero-order valence-corrected chi connectivity index (χ0v) is 11.5. The summed E-state index contributed by atoms with van der Waals surface area (Å²) in [6.45, 7) is 2.32. The van der Waals surface area contributed by atoms with Crippen molar-refractivity contribution in [3.63, 3.8) is 0 Å². The van der Waals surface area contributed by atoms with Crippen LogP contribution in [0, 0.1) is 5.92 Å². The van der Waals surface area contributed by atoms with Crippen LogP contribution in [-0.2, 0) is 0 Å². The number of nitrogens with zero attached hydrogens (tertiary/aromatic N) is 2. The summed E-state index contributed by atoms with van der Waals surface area (Å²) in [6, 6.07) is 0. The predicted octanol–water partition coefficient (Wildman–Crippen LogP) is 1.42. The van der Waals surface area contributed by atoms with Gasteiger partial charge in [-0.3, -0.25) is 0 Å². The Morgan fingerprint density at radius 2 is 2.16 bits per heavy atom. The van der Waals surface area contributed by atoms with Gasteiger partial charge in [0.05, 0.1) is 19.3 Å². The van der Waals surface area contributed by atoms with Gasteiger partial charge in [0.15, 0.2) is 11.6 Å². The van der Waals surface area contributed by atoms with Gasteiger partial charge in [-0.2, -0.15) is 0 Å². The molecule has 2 rings (SSSR count). The maximum absolute atomic E-state index is 9.74. The maximum atomic E-state index is 9.74. The van der Waals surface area contributed by atoms with E-state index >= 15 is 0 Å². The quantitative estimate of drug-likeness (QED) is 0.763. The third kappa shape index (κ3) is 2.89. The molecule has 1 aromatic rings. The van der Waals surface area contributed by atoms with Gasteiger partial charge in [0.2, 0.25) is 5.75 Å². The highest BCUT2D eigenvalue weighted by Gasteiger charge is 2.34. The highest BCUT2D eigenvalue weighted by Crippen LogP contribution is 2.37. The van der Waals surface area contributed by atoms with Crippen molar-refractivity contribution in [1.82, 2.24) is 9.97 Å². The molecule has 0 bridgehead atoms. The molecule has 1 fully saturated rings. The normalized spacial score (nSPS) is 27.0. The van der Waals surface area contributed by atoms with Crippen LogP contribution in [0.2, 0.25) is 0 Å². The SMILES string of the molecule is COc1c(N)ncnc1NC1(CO)CCC(C)CC1. The van der Waals surface area contributed by atoms with E-state index in [-0.39, 0.29) is 12.1 Å². The Kier molecular flexibility index (Phi) is 4.09. The lowest BCUT2D eigenvalue weighted by atomic mass is 9.77. The van der Waals surface area contributed by atoms with Crippen LogP contribution in [-0.4, -0.2) is 34.3 Å². The number of anilines is 2. The van der Waals surface area contributed by atoms with E-state index in [4.69, 9.17) is 10.5 Å². The van der Waals surface area contributed by atoms with Crippen LogP contribution >= 0.6 is 0 Å². The van der Waals surface area contributed by atoms with Gasteiger partial charge >= 0.3 is 0 Å². The molecule has 0 radical (unpaired) electrons. The van der Waals surface area contributed by atoms with E-state index in [9.17, 15) is 5.11 Å². The number of ether oxygens (including phenoxy) is 1. The molecule has 6 heteroatoms. The van der Waals surface area contributed by atoms with E-state index in [1.807, 2.05) is 0 Å². The smallest absolute Gasteiger partial charge is 0.203 e. The second-order valence-corrected chi connectivity index (χ2v) is 5.39. The van der Waals surface area contributed by atoms with Crippen LogP contribution in [0.3, 0.4) is 0 Å². The van der Waals surface area contributed by atoms with Crippen LogP contribution in [0.4, 0.5) is 11.6 Å². The van der Waals surface area contributed by atoms with E-state index < -0.39 is 0 Å². The van der Waals surface area contributed by atoms with Crippen molar-refractivity contribution >= 4 is 11.6 Å². The number of hydrogen-bond acceptors (Lipinski definition) is 6. The first kappa shape index (κ1) is 13.9. The Balaban J connectivity index is 2.21. The van der Waals surface area contributed by atoms with Crippen molar-refractivity contribution in [3.05, 3.63) is 6.33 Å². The summed E-state index contributed by atoms with van der Waals surface area (Å²) >= 11 is 0. The van der Waals surface area contributed by atoms with Crippen molar-refractivity contribution < 1.29 is 9.84 Å². The van der Waals surface area contributed by atoms with Gasteiger partial charge in [-0.25, -0.2) is 9.97 Å². The lowest BCUT2D eigenvalue weighted by molar-refractivity contribution is 0.154. The average Bonchev–Trinajstić information content (AvgIpc) is 2.42. The number of nitrogens with one attached hydrogen (secondary N) is 1. The monoisotopic (exact) mass is 266 g/mol. The van der Waals surface area contributed by atoms with E-state index in [1.165, 1.54) is 13.4 Å². The molecule has 1 saturated carbocycles. The summed E-state index contributed by atoms with van der Waals surface area (Å²) < 4.78 is 5.23. The number of nitrogen functional groups attached to an aromatic ring is 1. The summed E-state index contributed by atoms with van der Waals surface area (Å²) in [6.07, 6.45) is 5.42. The van der Waals surface area contributed by atoms with Gasteiger partial charge in [0, 0.05) is 0 Å². The molecule has 0 aliphatic heterocycles. The summed E-state index contributed by atoms with van der Waals surface area (Å²) in [4.78, 5) is 8.08. The highest BCUT2D eigenvalue weighted by molar-refractivity contribution is 5.62. The number of rotatable bonds is 4. The molecule has 0 aromatic carbocycles. The summed E-state index contributed by atoms with van der Waals surface area (Å²) in [5.74, 6) is 2.00. The third-order valence-electron chi connectivity index (χ3n) is 3.95. The maximum Gasteiger partial charge on any atom is 0.203 e. The van der Waals surface area contributed by atoms with Crippen LogP contribution < -0.4 is 15.8 Å². The first-order valence-corrected chi connectivity index (χ1v) is 6.64. The minimum Gasteiger partial charge on any atom is -0.490 e. The highest BCUT2D eigenvalue weighted by atomic mass is 16.5. The molecule has 1 heterocycles. The topological polar surface area (TPSA) is 93.3 Å². The van der Waals surface area contributed by atoms with Crippen molar-refractivity contribution in [2.75, 3.05) is 24.8 Å². The molecular weight excluding hydrogens is 244 g/mol. The van der Waals surface area contributed by atoms with Gasteiger partial charge in [-0.05, 0) is 31.6 Å². The number of aliphatic hydroxyl groups excluding tert-OH is 1. The molecule has 1 aliphatic carbocycles. The van der Waals surface area contributed by atoms with Gasteiger partial charge in [0.1, 0.15) is 6.33 Å². The molecule has 0 spiro atoms. The van der Waals surface area contributed by atoms with E-state index in [1.54, 1.807) is 0 Å². The van der Waals surface area contributed by atoms with Gasteiger partial charge in [0.25, 0.3) is 0 Å². The zero-order chi connectivity index (χ0) is 13.9. The Morgan fingerprint density at radius 1 is 1.47 bits per heavy atom. The van der Waals surface area contributed by atoms with Crippen LogP contribution in [0.1, 0.15) is 32.6 Å². The standard InChI is InChI=1S/C13H22N4O2/c1-9-3-5-13(7-18,6-4-9)17-12-10(19-2)11(14)15-8-16-12/h8-9,18H,3-7H2,1-2H3,(H3,14,15,16,17). The molecule has 0 unspecified atom stereocenters. The van der Waals surface area contributed by atoms with Gasteiger partial charge in [-0.15, -0.1) is 0 Å². The van der Waals surface area contributed by atoms with Crippen molar-refractivity contribution in [2.24, 2.45) is 5.92 Å². The molecular formula is C13H22N4O2. The van der Waals surface area contributed by atoms with Crippen LogP contribution in [0.15, 0.2) is 6.33 Å². The number of aliphatic hydroxyl groups is 1. The summed E-state index contributed by atoms with van der Waals surface area (Å²) in [7, 11) is 1.54. The van der Waals surface area contributed by atoms with Gasteiger partial charge < -0.3 is 20.9 Å². The Morgan fingerprint density at radius 3 is 2.74 bits per heavy atom. The van der Waals surface area contributed by atoms with E-state index in [2.05, 4.69) is 22.2 Å². The molecule has 19 heavy (non-hydrogen) atoms. The number of nitrogens with two attached hydrogens (primary N) is 1. The van der Waals surface area contributed by atoms with Crippen molar-refractivity contribution in [3.8, 4) is 5.75 Å². The lowest BCUT2D eigenvalue weighted by Crippen LogP contribution is -2.45.